The van der Waals surface area contributed by atoms with Crippen LogP contribution in [0.15, 0.2) is 0 Å². The maximum atomic E-state index is 6.75. The number of nitrogens with two attached hydrogens (primary N) is 1. The minimum absolute atomic E-state index is 0.233. The Labute approximate surface area is 127 Å². The van der Waals surface area contributed by atoms with Crippen molar-refractivity contribution in [3.8, 4) is 0 Å². The number of hydrogen-bond donors (Lipinski definition) is 1. The fourth-order valence-corrected chi connectivity index (χ4v) is 3.82. The van der Waals surface area contributed by atoms with E-state index in [-0.39, 0.29) is 11.3 Å². The molecular weight excluding hydrogens is 248 g/mol. The highest BCUT2D eigenvalue weighted by Gasteiger charge is 2.53. The molecule has 0 aromatic heterocycles. The predicted octanol–water partition coefficient (Wildman–Crippen LogP) is 2.40. The van der Waals surface area contributed by atoms with E-state index in [0.717, 1.165) is 39.3 Å². The molecule has 0 rings (SSSR count). The van der Waals surface area contributed by atoms with Gasteiger partial charge in [0.1, 0.15) is 5.79 Å². The molecule has 0 bridgehead atoms. The van der Waals surface area contributed by atoms with Gasteiger partial charge in [0.15, 0.2) is 0 Å². The van der Waals surface area contributed by atoms with Crippen LogP contribution in [0.3, 0.4) is 0 Å². The van der Waals surface area contributed by atoms with Crippen LogP contribution in [0.1, 0.15) is 55.4 Å². The van der Waals surface area contributed by atoms with Crippen molar-refractivity contribution < 1.29 is 0 Å². The third kappa shape index (κ3) is 3.35. The molecule has 122 valence electrons. The van der Waals surface area contributed by atoms with Crippen LogP contribution in [0.2, 0.25) is 0 Å². The van der Waals surface area contributed by atoms with Crippen molar-refractivity contribution in [2.24, 2.45) is 5.73 Å². The van der Waals surface area contributed by atoms with Crippen molar-refractivity contribution >= 4 is 0 Å². The third-order valence-corrected chi connectivity index (χ3v) is 4.48. The average Bonchev–Trinajstić information content (AvgIpc) is 2.40. The summed E-state index contributed by atoms with van der Waals surface area (Å²) in [6.07, 6.45) is 0. The molecular formula is C16H38N4. The Hall–Kier alpha value is -0.160. The summed E-state index contributed by atoms with van der Waals surface area (Å²) in [4.78, 5) is 7.56. The van der Waals surface area contributed by atoms with E-state index < -0.39 is 0 Å². The Morgan fingerprint density at radius 1 is 0.600 bits per heavy atom. The maximum Gasteiger partial charge on any atom is 0.149 e. The van der Waals surface area contributed by atoms with E-state index in [4.69, 9.17) is 5.73 Å². The lowest BCUT2D eigenvalue weighted by Gasteiger charge is -2.61. The van der Waals surface area contributed by atoms with Gasteiger partial charge in [0.2, 0.25) is 0 Å². The molecule has 0 atom stereocenters. The van der Waals surface area contributed by atoms with Gasteiger partial charge in [-0.1, -0.05) is 41.5 Å². The van der Waals surface area contributed by atoms with E-state index >= 15 is 0 Å². The van der Waals surface area contributed by atoms with Gasteiger partial charge in [-0.25, -0.2) is 0 Å². The summed E-state index contributed by atoms with van der Waals surface area (Å²) >= 11 is 0. The van der Waals surface area contributed by atoms with Crippen LogP contribution in [0.25, 0.3) is 0 Å². The molecule has 0 saturated heterocycles. The average molecular weight is 287 g/mol. The Morgan fingerprint density at radius 3 is 0.900 bits per heavy atom. The van der Waals surface area contributed by atoms with Crippen LogP contribution in [0, 0.1) is 0 Å². The van der Waals surface area contributed by atoms with Gasteiger partial charge in [-0.05, 0) is 53.1 Å². The first-order chi connectivity index (χ1) is 9.31. The van der Waals surface area contributed by atoms with Gasteiger partial charge in [-0.2, -0.15) is 0 Å². The highest BCUT2D eigenvalue weighted by molar-refractivity contribution is 5.03. The second-order valence-corrected chi connectivity index (χ2v) is 5.87. The molecule has 0 spiro atoms. The summed E-state index contributed by atoms with van der Waals surface area (Å²) < 4.78 is 0. The maximum absolute atomic E-state index is 6.75. The van der Waals surface area contributed by atoms with Gasteiger partial charge in [-0.15, -0.1) is 0 Å². The van der Waals surface area contributed by atoms with E-state index in [1.54, 1.807) is 0 Å². The van der Waals surface area contributed by atoms with Crippen molar-refractivity contribution in [1.29, 1.82) is 0 Å². The zero-order valence-corrected chi connectivity index (χ0v) is 15.2. The van der Waals surface area contributed by atoms with Crippen LogP contribution in [-0.4, -0.2) is 65.3 Å². The van der Waals surface area contributed by atoms with Crippen LogP contribution in [0.5, 0.6) is 0 Å². The van der Waals surface area contributed by atoms with Gasteiger partial charge >= 0.3 is 0 Å². The highest BCUT2D eigenvalue weighted by atomic mass is 15.6. The van der Waals surface area contributed by atoms with Crippen molar-refractivity contribution in [2.75, 3.05) is 39.3 Å². The molecule has 0 aliphatic carbocycles. The lowest BCUT2D eigenvalue weighted by molar-refractivity contribution is -0.199. The Balaban J connectivity index is 6.15. The quantitative estimate of drug-likeness (QED) is 0.626. The van der Waals surface area contributed by atoms with Crippen LogP contribution < -0.4 is 5.73 Å². The molecule has 0 aromatic rings. The summed E-state index contributed by atoms with van der Waals surface area (Å²) in [5, 5.41) is 0. The second kappa shape index (κ2) is 8.32. The fourth-order valence-electron chi connectivity index (χ4n) is 3.82. The van der Waals surface area contributed by atoms with Crippen LogP contribution >= 0.6 is 0 Å². The standard InChI is InChI=1S/C16H38N4/c1-9-18(10-2)16(15(7,8)17,19(11-3)12-4)20(13-5)14-6/h9-14,17H2,1-8H3. The fraction of sp³-hybridized carbons (Fsp3) is 1.00. The van der Waals surface area contributed by atoms with Crippen LogP contribution in [0.4, 0.5) is 0 Å². The molecule has 0 saturated carbocycles. The number of rotatable bonds is 10. The zero-order chi connectivity index (χ0) is 16.0. The molecule has 0 aliphatic heterocycles. The number of hydrogen-bond acceptors (Lipinski definition) is 4. The molecule has 0 aromatic carbocycles. The lowest BCUT2D eigenvalue weighted by atomic mass is 9.90. The largest absolute Gasteiger partial charge is 0.322 e. The highest BCUT2D eigenvalue weighted by Crippen LogP contribution is 2.34. The van der Waals surface area contributed by atoms with E-state index in [1.807, 2.05) is 0 Å². The van der Waals surface area contributed by atoms with Crippen molar-refractivity contribution in [2.45, 2.75) is 66.7 Å². The Morgan fingerprint density at radius 2 is 0.800 bits per heavy atom. The summed E-state index contributed by atoms with van der Waals surface area (Å²) in [6.45, 7) is 23.8. The monoisotopic (exact) mass is 286 g/mol. The minimum atomic E-state index is -0.336. The molecule has 0 unspecified atom stereocenters. The topological polar surface area (TPSA) is 35.7 Å². The summed E-state index contributed by atoms with van der Waals surface area (Å²) in [6, 6.07) is 0. The molecule has 4 nitrogen and oxygen atoms in total. The Bertz CT molecular complexity index is 216. The molecule has 0 aliphatic rings. The van der Waals surface area contributed by atoms with Crippen molar-refractivity contribution in [3.63, 3.8) is 0 Å². The van der Waals surface area contributed by atoms with E-state index in [1.165, 1.54) is 0 Å². The SMILES string of the molecule is CCN(CC)C(N(CC)CC)(N(CC)CC)C(C)(C)N. The molecule has 4 heteroatoms. The first kappa shape index (κ1) is 19.8. The van der Waals surface area contributed by atoms with Gasteiger partial charge in [0, 0.05) is 0 Å². The Kier molecular flexibility index (Phi) is 8.26. The van der Waals surface area contributed by atoms with E-state index in [0.29, 0.717) is 0 Å². The van der Waals surface area contributed by atoms with Crippen LogP contribution in [-0.2, 0) is 0 Å². The molecule has 20 heavy (non-hydrogen) atoms. The zero-order valence-electron chi connectivity index (χ0n) is 15.2. The van der Waals surface area contributed by atoms with E-state index in [2.05, 4.69) is 70.1 Å². The number of likely N-dealkylation sites (N-methyl/N-ethyl adjacent to an activating group) is 3. The van der Waals surface area contributed by atoms with Crippen molar-refractivity contribution in [3.05, 3.63) is 0 Å². The number of nitrogens with zero attached hydrogens (tertiary/aromatic N) is 3. The van der Waals surface area contributed by atoms with Gasteiger partial charge in [0.25, 0.3) is 0 Å². The smallest absolute Gasteiger partial charge is 0.149 e. The van der Waals surface area contributed by atoms with Gasteiger partial charge in [0.05, 0.1) is 5.54 Å². The second-order valence-electron chi connectivity index (χ2n) is 5.87. The summed E-state index contributed by atoms with van der Waals surface area (Å²) in [5.41, 5.74) is 6.41. The third-order valence-electron chi connectivity index (χ3n) is 4.48. The van der Waals surface area contributed by atoms with Gasteiger partial charge in [-0.3, -0.25) is 14.7 Å². The summed E-state index contributed by atoms with van der Waals surface area (Å²) in [7, 11) is 0. The molecule has 0 heterocycles. The molecule has 0 amide bonds. The van der Waals surface area contributed by atoms with E-state index in [9.17, 15) is 0 Å². The molecule has 0 radical (unpaired) electrons. The molecule has 2 N–H and O–H groups in total. The first-order valence-electron chi connectivity index (χ1n) is 8.35. The normalized spacial score (nSPS) is 13.8. The summed E-state index contributed by atoms with van der Waals surface area (Å²) in [5.74, 6) is -0.233. The molecule has 0 fully saturated rings. The first-order valence-corrected chi connectivity index (χ1v) is 8.35. The minimum Gasteiger partial charge on any atom is -0.322 e. The van der Waals surface area contributed by atoms with Gasteiger partial charge < -0.3 is 5.73 Å². The lowest BCUT2D eigenvalue weighted by Crippen LogP contribution is -2.81. The predicted molar refractivity (Wildman–Crippen MR) is 89.8 cm³/mol. The van der Waals surface area contributed by atoms with Crippen molar-refractivity contribution in [1.82, 2.24) is 14.7 Å².